The minimum Gasteiger partial charge on any atom is -0.508 e. The molecule has 4 rings (SSSR count). The number of hydrogen-bond donors (Lipinski definition) is 2. The van der Waals surface area contributed by atoms with Crippen LogP contribution in [0.5, 0.6) is 23.0 Å². The van der Waals surface area contributed by atoms with Gasteiger partial charge in [-0.2, -0.15) is 0 Å². The number of methoxy groups -OCH3 is 1. The molecular weight excluding hydrogens is 328 g/mol. The van der Waals surface area contributed by atoms with Crippen LogP contribution in [0.4, 0.5) is 0 Å². The average Bonchev–Trinajstić information content (AvgIpc) is 2.67. The van der Waals surface area contributed by atoms with Gasteiger partial charge in [-0.15, -0.1) is 0 Å². The summed E-state index contributed by atoms with van der Waals surface area (Å²) in [6, 6.07) is 20.5. The predicted molar refractivity (Wildman–Crippen MR) is 99.3 cm³/mol. The maximum atomic E-state index is 9.93. The zero-order valence-corrected chi connectivity index (χ0v) is 14.4. The lowest BCUT2D eigenvalue weighted by Gasteiger charge is -2.35. The van der Waals surface area contributed by atoms with Gasteiger partial charge in [0.1, 0.15) is 23.0 Å². The molecule has 132 valence electrons. The van der Waals surface area contributed by atoms with Crippen LogP contribution in [-0.4, -0.2) is 23.9 Å². The number of benzene rings is 3. The maximum Gasteiger partial charge on any atom is 0.126 e. The molecule has 0 aliphatic carbocycles. The van der Waals surface area contributed by atoms with Gasteiger partial charge in [0.2, 0.25) is 0 Å². The summed E-state index contributed by atoms with van der Waals surface area (Å²) in [5, 5.41) is 19.8. The number of rotatable bonds is 3. The van der Waals surface area contributed by atoms with E-state index in [-0.39, 0.29) is 23.3 Å². The van der Waals surface area contributed by atoms with E-state index < -0.39 is 0 Å². The van der Waals surface area contributed by atoms with Crippen molar-refractivity contribution in [3.05, 3.63) is 83.4 Å². The molecule has 0 fully saturated rings. The van der Waals surface area contributed by atoms with Gasteiger partial charge in [0.25, 0.3) is 0 Å². The lowest BCUT2D eigenvalue weighted by atomic mass is 9.75. The van der Waals surface area contributed by atoms with Crippen LogP contribution in [0.15, 0.2) is 66.7 Å². The van der Waals surface area contributed by atoms with E-state index >= 15 is 0 Å². The molecule has 1 aliphatic rings. The highest BCUT2D eigenvalue weighted by Crippen LogP contribution is 2.49. The SMILES string of the molecule is COc1ccccc1C1c2ccc(O)cc2OCC1c1cccc(O)c1. The van der Waals surface area contributed by atoms with E-state index in [1.165, 1.54) is 0 Å². The van der Waals surface area contributed by atoms with E-state index in [1.807, 2.05) is 36.4 Å². The van der Waals surface area contributed by atoms with E-state index in [0.29, 0.717) is 12.4 Å². The molecule has 1 aliphatic heterocycles. The summed E-state index contributed by atoms with van der Waals surface area (Å²) in [4.78, 5) is 0. The fourth-order valence-corrected chi connectivity index (χ4v) is 3.75. The van der Waals surface area contributed by atoms with Gasteiger partial charge in [0.05, 0.1) is 13.7 Å². The van der Waals surface area contributed by atoms with Gasteiger partial charge in [-0.3, -0.25) is 0 Å². The van der Waals surface area contributed by atoms with Gasteiger partial charge >= 0.3 is 0 Å². The largest absolute Gasteiger partial charge is 0.508 e. The van der Waals surface area contributed by atoms with Crippen LogP contribution in [0.2, 0.25) is 0 Å². The van der Waals surface area contributed by atoms with Crippen molar-refractivity contribution in [1.29, 1.82) is 0 Å². The number of hydrogen-bond acceptors (Lipinski definition) is 4. The monoisotopic (exact) mass is 348 g/mol. The topological polar surface area (TPSA) is 58.9 Å². The molecule has 0 saturated heterocycles. The molecule has 3 aromatic rings. The first-order valence-electron chi connectivity index (χ1n) is 8.55. The number of phenolic OH excluding ortho intramolecular Hbond substituents is 2. The first-order valence-corrected chi connectivity index (χ1v) is 8.55. The van der Waals surface area contributed by atoms with Crippen LogP contribution in [0.3, 0.4) is 0 Å². The zero-order valence-electron chi connectivity index (χ0n) is 14.4. The van der Waals surface area contributed by atoms with Crippen molar-refractivity contribution in [3.63, 3.8) is 0 Å². The minimum atomic E-state index is -0.0164. The summed E-state index contributed by atoms with van der Waals surface area (Å²) in [6.45, 7) is 0.447. The molecule has 1 heterocycles. The lowest BCUT2D eigenvalue weighted by Crippen LogP contribution is -2.25. The summed E-state index contributed by atoms with van der Waals surface area (Å²) >= 11 is 0. The van der Waals surface area contributed by atoms with Crippen molar-refractivity contribution in [3.8, 4) is 23.0 Å². The predicted octanol–water partition coefficient (Wildman–Crippen LogP) is 4.41. The van der Waals surface area contributed by atoms with Crippen molar-refractivity contribution < 1.29 is 19.7 Å². The fraction of sp³-hybridized carbons (Fsp3) is 0.182. The van der Waals surface area contributed by atoms with E-state index in [2.05, 4.69) is 6.07 Å². The Morgan fingerprint density at radius 3 is 2.50 bits per heavy atom. The maximum absolute atomic E-state index is 9.93. The van der Waals surface area contributed by atoms with Gasteiger partial charge < -0.3 is 19.7 Å². The number of para-hydroxylation sites is 1. The number of aromatic hydroxyl groups is 2. The van der Waals surface area contributed by atoms with Gasteiger partial charge in [-0.25, -0.2) is 0 Å². The first kappa shape index (κ1) is 16.3. The fourth-order valence-electron chi connectivity index (χ4n) is 3.75. The van der Waals surface area contributed by atoms with E-state index in [4.69, 9.17) is 9.47 Å². The zero-order chi connectivity index (χ0) is 18.1. The van der Waals surface area contributed by atoms with E-state index in [0.717, 1.165) is 22.4 Å². The summed E-state index contributed by atoms with van der Waals surface area (Å²) in [7, 11) is 1.67. The third kappa shape index (κ3) is 2.84. The number of fused-ring (bicyclic) bond motifs is 1. The third-order valence-electron chi connectivity index (χ3n) is 4.93. The van der Waals surface area contributed by atoms with Crippen LogP contribution in [0, 0.1) is 0 Å². The standard InChI is InChI=1S/C22H20O4/c1-25-20-8-3-2-7-17(20)22-18-10-9-16(24)12-21(18)26-13-19(22)14-5-4-6-15(23)11-14/h2-12,19,22-24H,13H2,1H3. The summed E-state index contributed by atoms with van der Waals surface area (Å²) in [6.07, 6.45) is 0. The molecule has 3 aromatic carbocycles. The van der Waals surface area contributed by atoms with E-state index in [9.17, 15) is 10.2 Å². The molecule has 0 amide bonds. The van der Waals surface area contributed by atoms with Crippen molar-refractivity contribution in [2.45, 2.75) is 11.8 Å². The highest BCUT2D eigenvalue weighted by molar-refractivity contribution is 5.53. The second kappa shape index (κ2) is 6.64. The molecular formula is C22H20O4. The smallest absolute Gasteiger partial charge is 0.126 e. The summed E-state index contributed by atoms with van der Waals surface area (Å²) in [5.41, 5.74) is 3.05. The number of phenols is 2. The molecule has 0 bridgehead atoms. The Morgan fingerprint density at radius 2 is 1.69 bits per heavy atom. The molecule has 4 heteroatoms. The molecule has 26 heavy (non-hydrogen) atoms. The minimum absolute atomic E-state index is 0.00967. The first-order chi connectivity index (χ1) is 12.7. The molecule has 0 spiro atoms. The summed E-state index contributed by atoms with van der Waals surface area (Å²) < 4.78 is 11.6. The highest BCUT2D eigenvalue weighted by Gasteiger charge is 2.35. The Bertz CT molecular complexity index is 935. The molecule has 4 nitrogen and oxygen atoms in total. The Balaban J connectivity index is 1.90. The Kier molecular flexibility index (Phi) is 4.17. The van der Waals surface area contributed by atoms with Crippen LogP contribution in [0.25, 0.3) is 0 Å². The van der Waals surface area contributed by atoms with Crippen molar-refractivity contribution in [1.82, 2.24) is 0 Å². The Hall–Kier alpha value is -3.14. The second-order valence-electron chi connectivity index (χ2n) is 6.45. The van der Waals surface area contributed by atoms with Crippen LogP contribution < -0.4 is 9.47 Å². The van der Waals surface area contributed by atoms with Gasteiger partial charge in [-0.05, 0) is 29.8 Å². The molecule has 2 atom stereocenters. The van der Waals surface area contributed by atoms with Crippen LogP contribution in [-0.2, 0) is 0 Å². The molecule has 0 aromatic heterocycles. The molecule has 2 unspecified atom stereocenters. The summed E-state index contributed by atoms with van der Waals surface area (Å²) in [5.74, 6) is 1.89. The highest BCUT2D eigenvalue weighted by atomic mass is 16.5. The van der Waals surface area contributed by atoms with Gasteiger partial charge in [0.15, 0.2) is 0 Å². The van der Waals surface area contributed by atoms with E-state index in [1.54, 1.807) is 31.4 Å². The normalized spacial score (nSPS) is 18.7. The quantitative estimate of drug-likeness (QED) is 0.736. The molecule has 0 saturated carbocycles. The van der Waals surface area contributed by atoms with Crippen molar-refractivity contribution in [2.24, 2.45) is 0 Å². The molecule has 0 radical (unpaired) electrons. The Labute approximate surface area is 152 Å². The number of ether oxygens (including phenoxy) is 2. The van der Waals surface area contributed by atoms with Gasteiger partial charge in [-0.1, -0.05) is 36.4 Å². The lowest BCUT2D eigenvalue weighted by molar-refractivity contribution is 0.246. The molecule has 2 N–H and O–H groups in total. The second-order valence-corrected chi connectivity index (χ2v) is 6.45. The Morgan fingerprint density at radius 1 is 0.885 bits per heavy atom. The third-order valence-corrected chi connectivity index (χ3v) is 4.93. The van der Waals surface area contributed by atoms with Gasteiger partial charge in [0, 0.05) is 29.0 Å². The van der Waals surface area contributed by atoms with Crippen LogP contribution >= 0.6 is 0 Å². The van der Waals surface area contributed by atoms with Crippen LogP contribution in [0.1, 0.15) is 28.5 Å². The van der Waals surface area contributed by atoms with Crippen molar-refractivity contribution in [2.75, 3.05) is 13.7 Å². The average molecular weight is 348 g/mol. The van der Waals surface area contributed by atoms with Crippen molar-refractivity contribution >= 4 is 0 Å².